The first-order valence-electron chi connectivity index (χ1n) is 3.97. The number of aromatic nitrogens is 3. The number of halogens is 3. The van der Waals surface area contributed by atoms with E-state index in [0.29, 0.717) is 5.02 Å². The van der Waals surface area contributed by atoms with Crippen molar-refractivity contribution in [3.05, 3.63) is 40.4 Å². The Bertz CT molecular complexity index is 504. The van der Waals surface area contributed by atoms with Gasteiger partial charge in [0.1, 0.15) is 5.82 Å². The molecule has 3 nitrogen and oxygen atoms in total. The zero-order valence-electron chi connectivity index (χ0n) is 7.28. The summed E-state index contributed by atoms with van der Waals surface area (Å²) in [4.78, 5) is 3.84. The molecule has 0 unspecified atom stereocenters. The molecular formula is C9H4Cl2FN3. The number of benzene rings is 1. The lowest BCUT2D eigenvalue weighted by Crippen LogP contribution is -1.94. The molecule has 0 atom stereocenters. The normalized spacial score (nSPS) is 10.3. The number of hydrogen-bond acceptors (Lipinski definition) is 3. The van der Waals surface area contributed by atoms with Gasteiger partial charge in [-0.1, -0.05) is 23.2 Å². The van der Waals surface area contributed by atoms with E-state index in [9.17, 15) is 4.39 Å². The van der Waals surface area contributed by atoms with Crippen LogP contribution in [0.4, 0.5) is 4.39 Å². The van der Waals surface area contributed by atoms with Crippen LogP contribution in [0.2, 0.25) is 10.2 Å². The number of hydrogen-bond donors (Lipinski definition) is 0. The van der Waals surface area contributed by atoms with E-state index in [-0.39, 0.29) is 16.5 Å². The minimum Gasteiger partial charge on any atom is -0.213 e. The molecule has 15 heavy (non-hydrogen) atoms. The minimum absolute atomic E-state index is 0.113. The Kier molecular flexibility index (Phi) is 2.79. The third-order valence-corrected chi connectivity index (χ3v) is 2.12. The summed E-state index contributed by atoms with van der Waals surface area (Å²) in [5.41, 5.74) is 0.178. The van der Waals surface area contributed by atoms with Crippen molar-refractivity contribution in [3.63, 3.8) is 0 Å². The third-order valence-electron chi connectivity index (χ3n) is 1.70. The molecule has 2 aromatic rings. The lowest BCUT2D eigenvalue weighted by atomic mass is 10.2. The molecular weight excluding hydrogens is 240 g/mol. The van der Waals surface area contributed by atoms with E-state index in [0.717, 1.165) is 0 Å². The Morgan fingerprint density at radius 2 is 2.00 bits per heavy atom. The van der Waals surface area contributed by atoms with Crippen molar-refractivity contribution in [3.8, 4) is 11.4 Å². The van der Waals surface area contributed by atoms with Crippen LogP contribution in [0.3, 0.4) is 0 Å². The van der Waals surface area contributed by atoms with Crippen LogP contribution in [0.1, 0.15) is 0 Å². The van der Waals surface area contributed by atoms with Crippen LogP contribution in [0, 0.1) is 5.82 Å². The van der Waals surface area contributed by atoms with E-state index >= 15 is 0 Å². The van der Waals surface area contributed by atoms with Gasteiger partial charge in [0.05, 0.1) is 11.8 Å². The van der Waals surface area contributed by atoms with Crippen molar-refractivity contribution in [1.82, 2.24) is 15.2 Å². The zero-order chi connectivity index (χ0) is 10.8. The molecule has 1 aromatic carbocycles. The Morgan fingerprint density at radius 3 is 2.73 bits per heavy atom. The monoisotopic (exact) mass is 243 g/mol. The summed E-state index contributed by atoms with van der Waals surface area (Å²) in [6.45, 7) is 0. The summed E-state index contributed by atoms with van der Waals surface area (Å²) in [5, 5.41) is 7.80. The van der Waals surface area contributed by atoms with Crippen LogP contribution in [0.25, 0.3) is 11.4 Å². The largest absolute Gasteiger partial charge is 0.213 e. The molecule has 0 aliphatic rings. The van der Waals surface area contributed by atoms with E-state index in [1.165, 1.54) is 24.4 Å². The second-order valence-corrected chi connectivity index (χ2v) is 3.55. The van der Waals surface area contributed by atoms with Gasteiger partial charge in [-0.2, -0.15) is 5.10 Å². The van der Waals surface area contributed by atoms with Gasteiger partial charge in [0.2, 0.25) is 0 Å². The summed E-state index contributed by atoms with van der Waals surface area (Å²) in [6, 6.07) is 4.10. The van der Waals surface area contributed by atoms with Crippen molar-refractivity contribution in [2.75, 3.05) is 0 Å². The highest BCUT2D eigenvalue weighted by molar-refractivity contribution is 6.31. The van der Waals surface area contributed by atoms with Crippen LogP contribution in [0.5, 0.6) is 0 Å². The molecule has 2 rings (SSSR count). The van der Waals surface area contributed by atoms with Crippen LogP contribution in [-0.4, -0.2) is 15.2 Å². The molecule has 0 aliphatic heterocycles. The van der Waals surface area contributed by atoms with Crippen molar-refractivity contribution in [1.29, 1.82) is 0 Å². The average molecular weight is 244 g/mol. The minimum atomic E-state index is -0.469. The van der Waals surface area contributed by atoms with Crippen LogP contribution >= 0.6 is 23.2 Å². The summed E-state index contributed by atoms with van der Waals surface area (Å²) >= 11 is 11.3. The van der Waals surface area contributed by atoms with Gasteiger partial charge in [0.25, 0.3) is 0 Å². The predicted molar refractivity (Wildman–Crippen MR) is 55.2 cm³/mol. The maximum Gasteiger partial charge on any atom is 0.186 e. The maximum atomic E-state index is 13.4. The zero-order valence-corrected chi connectivity index (χ0v) is 8.80. The number of nitrogens with zero attached hydrogens (tertiary/aromatic N) is 3. The maximum absolute atomic E-state index is 13.4. The highest BCUT2D eigenvalue weighted by Gasteiger charge is 2.09. The Hall–Kier alpha value is -1.26. The summed E-state index contributed by atoms with van der Waals surface area (Å²) in [7, 11) is 0. The van der Waals surface area contributed by atoms with Gasteiger partial charge in [-0.3, -0.25) is 0 Å². The molecule has 0 aliphatic carbocycles. The predicted octanol–water partition coefficient (Wildman–Crippen LogP) is 2.98. The van der Waals surface area contributed by atoms with Crippen molar-refractivity contribution >= 4 is 23.2 Å². The second kappa shape index (κ2) is 4.08. The molecule has 0 N–H and O–H groups in total. The van der Waals surface area contributed by atoms with E-state index in [1.807, 2.05) is 0 Å². The van der Waals surface area contributed by atoms with Gasteiger partial charge >= 0.3 is 0 Å². The molecule has 0 bridgehead atoms. The molecule has 0 spiro atoms. The molecule has 0 radical (unpaired) electrons. The van der Waals surface area contributed by atoms with E-state index in [4.69, 9.17) is 23.2 Å². The second-order valence-electron chi connectivity index (χ2n) is 2.73. The summed E-state index contributed by atoms with van der Waals surface area (Å²) in [5.74, 6) is -0.356. The van der Waals surface area contributed by atoms with Crippen molar-refractivity contribution in [2.24, 2.45) is 0 Å². The summed E-state index contributed by atoms with van der Waals surface area (Å²) in [6.07, 6.45) is 1.27. The van der Waals surface area contributed by atoms with E-state index in [1.54, 1.807) is 0 Å². The van der Waals surface area contributed by atoms with Gasteiger partial charge < -0.3 is 0 Å². The first-order valence-corrected chi connectivity index (χ1v) is 4.73. The first-order chi connectivity index (χ1) is 7.16. The molecule has 0 fully saturated rings. The Balaban J connectivity index is 2.58. The summed E-state index contributed by atoms with van der Waals surface area (Å²) < 4.78 is 13.4. The molecule has 76 valence electrons. The van der Waals surface area contributed by atoms with Crippen molar-refractivity contribution < 1.29 is 4.39 Å². The topological polar surface area (TPSA) is 38.7 Å². The quantitative estimate of drug-likeness (QED) is 0.773. The molecule has 6 heteroatoms. The molecule has 0 saturated carbocycles. The van der Waals surface area contributed by atoms with Gasteiger partial charge in [0.15, 0.2) is 11.0 Å². The van der Waals surface area contributed by atoms with Crippen molar-refractivity contribution in [2.45, 2.75) is 0 Å². The number of rotatable bonds is 1. The van der Waals surface area contributed by atoms with Gasteiger partial charge in [-0.25, -0.2) is 9.37 Å². The fraction of sp³-hybridized carbons (Fsp3) is 0. The van der Waals surface area contributed by atoms with Crippen LogP contribution in [0.15, 0.2) is 24.4 Å². The van der Waals surface area contributed by atoms with Crippen LogP contribution in [-0.2, 0) is 0 Å². The highest BCUT2D eigenvalue weighted by Crippen LogP contribution is 2.23. The molecule has 0 amide bonds. The lowest BCUT2D eigenvalue weighted by Gasteiger charge is -2.01. The Morgan fingerprint density at radius 1 is 1.20 bits per heavy atom. The van der Waals surface area contributed by atoms with E-state index in [2.05, 4.69) is 15.2 Å². The van der Waals surface area contributed by atoms with Gasteiger partial charge in [0, 0.05) is 5.02 Å². The standard InChI is InChI=1S/C9H4Cl2FN3/c10-5-1-2-7(12)6(3-5)9-14-8(11)4-13-15-9/h1-4H. The highest BCUT2D eigenvalue weighted by atomic mass is 35.5. The van der Waals surface area contributed by atoms with E-state index < -0.39 is 5.82 Å². The molecule has 0 saturated heterocycles. The average Bonchev–Trinajstić information content (AvgIpc) is 2.22. The smallest absolute Gasteiger partial charge is 0.186 e. The van der Waals surface area contributed by atoms with Crippen LogP contribution < -0.4 is 0 Å². The molecule has 1 aromatic heterocycles. The fourth-order valence-corrected chi connectivity index (χ4v) is 1.36. The third kappa shape index (κ3) is 2.22. The fourth-order valence-electron chi connectivity index (χ4n) is 1.07. The lowest BCUT2D eigenvalue weighted by molar-refractivity contribution is 0.629. The molecule has 1 heterocycles. The first kappa shape index (κ1) is 10.3. The van der Waals surface area contributed by atoms with Gasteiger partial charge in [-0.05, 0) is 18.2 Å². The Labute approximate surface area is 94.9 Å². The SMILES string of the molecule is Fc1ccc(Cl)cc1-c1nncc(Cl)n1. The van der Waals surface area contributed by atoms with Gasteiger partial charge in [-0.15, -0.1) is 5.10 Å².